The molecule has 1 aromatic rings. The minimum Gasteiger partial charge on any atom is -0.409 e. The van der Waals surface area contributed by atoms with Gasteiger partial charge in [0.05, 0.1) is 13.2 Å². The second kappa shape index (κ2) is 5.66. The standard InChI is InChI=1S/C12H14FN3O3/c13-9-3-1-8(2-4-9)12(17)16-5-6-19-10(7-16)11(14)15-18/h1-4,10,18H,5-7H2,(H2,14,15). The summed E-state index contributed by atoms with van der Waals surface area (Å²) >= 11 is 0. The number of hydrogen-bond donors (Lipinski definition) is 2. The van der Waals surface area contributed by atoms with E-state index in [-0.39, 0.29) is 18.3 Å². The van der Waals surface area contributed by atoms with Gasteiger partial charge in [0.1, 0.15) is 11.9 Å². The van der Waals surface area contributed by atoms with E-state index < -0.39 is 11.9 Å². The van der Waals surface area contributed by atoms with E-state index in [1.54, 1.807) is 0 Å². The van der Waals surface area contributed by atoms with Gasteiger partial charge in [0, 0.05) is 12.1 Å². The summed E-state index contributed by atoms with van der Waals surface area (Å²) in [6, 6.07) is 5.31. The van der Waals surface area contributed by atoms with Crippen molar-refractivity contribution < 1.29 is 19.1 Å². The van der Waals surface area contributed by atoms with E-state index in [4.69, 9.17) is 15.7 Å². The van der Waals surface area contributed by atoms with E-state index in [2.05, 4.69) is 5.16 Å². The van der Waals surface area contributed by atoms with Gasteiger partial charge in [-0.2, -0.15) is 0 Å². The van der Waals surface area contributed by atoms with Gasteiger partial charge in [-0.1, -0.05) is 5.16 Å². The lowest BCUT2D eigenvalue weighted by Crippen LogP contribution is -2.50. The van der Waals surface area contributed by atoms with Gasteiger partial charge in [0.2, 0.25) is 0 Å². The van der Waals surface area contributed by atoms with Crippen LogP contribution in [-0.2, 0) is 4.74 Å². The Hall–Kier alpha value is -2.15. The number of nitrogens with two attached hydrogens (primary N) is 1. The number of carbonyl (C=O) groups excluding carboxylic acids is 1. The van der Waals surface area contributed by atoms with Crippen molar-refractivity contribution in [3.8, 4) is 0 Å². The van der Waals surface area contributed by atoms with Crippen molar-refractivity contribution in [2.24, 2.45) is 10.9 Å². The Morgan fingerprint density at radius 2 is 2.16 bits per heavy atom. The predicted octanol–water partition coefficient (Wildman–Crippen LogP) is 0.413. The Labute approximate surface area is 109 Å². The highest BCUT2D eigenvalue weighted by Crippen LogP contribution is 2.11. The maximum atomic E-state index is 12.8. The van der Waals surface area contributed by atoms with Crippen molar-refractivity contribution in [1.29, 1.82) is 0 Å². The molecule has 0 radical (unpaired) electrons. The van der Waals surface area contributed by atoms with Gasteiger partial charge in [-0.25, -0.2) is 4.39 Å². The van der Waals surface area contributed by atoms with E-state index in [9.17, 15) is 9.18 Å². The Kier molecular flexibility index (Phi) is 3.96. The molecular weight excluding hydrogens is 253 g/mol. The van der Waals surface area contributed by atoms with E-state index >= 15 is 0 Å². The summed E-state index contributed by atoms with van der Waals surface area (Å²) in [7, 11) is 0. The first kappa shape index (κ1) is 13.3. The first-order valence-electron chi connectivity index (χ1n) is 5.75. The number of carbonyl (C=O) groups is 1. The van der Waals surface area contributed by atoms with Gasteiger partial charge < -0.3 is 20.6 Å². The van der Waals surface area contributed by atoms with Crippen LogP contribution in [0.3, 0.4) is 0 Å². The molecule has 19 heavy (non-hydrogen) atoms. The Morgan fingerprint density at radius 3 is 2.79 bits per heavy atom. The molecule has 0 bridgehead atoms. The summed E-state index contributed by atoms with van der Waals surface area (Å²) in [5.74, 6) is -0.705. The molecule has 1 aromatic carbocycles. The fourth-order valence-corrected chi connectivity index (χ4v) is 1.85. The highest BCUT2D eigenvalue weighted by atomic mass is 19.1. The summed E-state index contributed by atoms with van der Waals surface area (Å²) < 4.78 is 18.1. The topological polar surface area (TPSA) is 88.2 Å². The number of morpholine rings is 1. The van der Waals surface area contributed by atoms with Crippen LogP contribution in [0.1, 0.15) is 10.4 Å². The van der Waals surface area contributed by atoms with E-state index in [1.165, 1.54) is 29.2 Å². The maximum absolute atomic E-state index is 12.8. The van der Waals surface area contributed by atoms with Crippen LogP contribution in [-0.4, -0.2) is 47.7 Å². The molecule has 6 nitrogen and oxygen atoms in total. The summed E-state index contributed by atoms with van der Waals surface area (Å²) in [5, 5.41) is 11.5. The molecule has 0 aromatic heterocycles. The molecule has 1 amide bonds. The summed E-state index contributed by atoms with van der Waals surface area (Å²) in [5.41, 5.74) is 5.85. The molecule has 1 heterocycles. The van der Waals surface area contributed by atoms with Crippen LogP contribution in [0.4, 0.5) is 4.39 Å². The molecule has 0 aliphatic carbocycles. The zero-order valence-corrected chi connectivity index (χ0v) is 10.1. The van der Waals surface area contributed by atoms with Crippen molar-refractivity contribution in [2.45, 2.75) is 6.10 Å². The second-order valence-corrected chi connectivity index (χ2v) is 4.14. The lowest BCUT2D eigenvalue weighted by Gasteiger charge is -2.32. The zero-order chi connectivity index (χ0) is 13.8. The average Bonchev–Trinajstić information content (AvgIpc) is 2.46. The highest BCUT2D eigenvalue weighted by Gasteiger charge is 2.27. The lowest BCUT2D eigenvalue weighted by atomic mass is 10.1. The van der Waals surface area contributed by atoms with Crippen LogP contribution in [0.25, 0.3) is 0 Å². The van der Waals surface area contributed by atoms with Crippen LogP contribution < -0.4 is 5.73 Å². The summed E-state index contributed by atoms with van der Waals surface area (Å²) in [6.45, 7) is 0.908. The minimum atomic E-state index is -0.622. The van der Waals surface area contributed by atoms with Crippen molar-refractivity contribution in [1.82, 2.24) is 4.90 Å². The van der Waals surface area contributed by atoms with Gasteiger partial charge in [0.25, 0.3) is 5.91 Å². The highest BCUT2D eigenvalue weighted by molar-refractivity contribution is 5.95. The zero-order valence-electron chi connectivity index (χ0n) is 10.1. The number of nitrogens with zero attached hydrogens (tertiary/aromatic N) is 2. The maximum Gasteiger partial charge on any atom is 0.254 e. The van der Waals surface area contributed by atoms with E-state index in [0.29, 0.717) is 18.7 Å². The van der Waals surface area contributed by atoms with Crippen LogP contribution in [0.2, 0.25) is 0 Å². The molecule has 2 rings (SSSR count). The molecule has 102 valence electrons. The molecule has 7 heteroatoms. The van der Waals surface area contributed by atoms with Crippen LogP contribution >= 0.6 is 0 Å². The van der Waals surface area contributed by atoms with Gasteiger partial charge in [0.15, 0.2) is 5.84 Å². The van der Waals surface area contributed by atoms with Crippen molar-refractivity contribution >= 4 is 11.7 Å². The molecule has 1 fully saturated rings. The number of hydrogen-bond acceptors (Lipinski definition) is 4. The van der Waals surface area contributed by atoms with Gasteiger partial charge >= 0.3 is 0 Å². The number of amidine groups is 1. The van der Waals surface area contributed by atoms with Crippen molar-refractivity contribution in [2.75, 3.05) is 19.7 Å². The normalized spacial score (nSPS) is 20.4. The van der Waals surface area contributed by atoms with Gasteiger partial charge in [-0.15, -0.1) is 0 Å². The third kappa shape index (κ3) is 3.00. The third-order valence-electron chi connectivity index (χ3n) is 2.89. The number of ether oxygens (including phenoxy) is 1. The first-order chi connectivity index (χ1) is 9.11. The minimum absolute atomic E-state index is 0.0726. The molecular formula is C12H14FN3O3. The van der Waals surface area contributed by atoms with Crippen molar-refractivity contribution in [3.05, 3.63) is 35.6 Å². The van der Waals surface area contributed by atoms with Gasteiger partial charge in [-0.05, 0) is 24.3 Å². The molecule has 1 atom stereocenters. The predicted molar refractivity (Wildman–Crippen MR) is 65.5 cm³/mol. The summed E-state index contributed by atoms with van der Waals surface area (Å²) in [4.78, 5) is 13.7. The molecule has 0 saturated carbocycles. The largest absolute Gasteiger partial charge is 0.409 e. The van der Waals surface area contributed by atoms with Crippen molar-refractivity contribution in [3.63, 3.8) is 0 Å². The van der Waals surface area contributed by atoms with Crippen LogP contribution in [0.5, 0.6) is 0 Å². The summed E-state index contributed by atoms with van der Waals surface area (Å²) in [6.07, 6.45) is -0.622. The Balaban J connectivity index is 2.09. The second-order valence-electron chi connectivity index (χ2n) is 4.14. The molecule has 1 aliphatic heterocycles. The Morgan fingerprint density at radius 1 is 1.47 bits per heavy atom. The molecule has 1 unspecified atom stereocenters. The molecule has 1 saturated heterocycles. The van der Waals surface area contributed by atoms with Gasteiger partial charge in [-0.3, -0.25) is 4.79 Å². The number of rotatable bonds is 2. The smallest absolute Gasteiger partial charge is 0.254 e. The number of oxime groups is 1. The fourth-order valence-electron chi connectivity index (χ4n) is 1.85. The van der Waals surface area contributed by atoms with Crippen LogP contribution in [0.15, 0.2) is 29.4 Å². The Bertz CT molecular complexity index is 489. The molecule has 3 N–H and O–H groups in total. The lowest BCUT2D eigenvalue weighted by molar-refractivity contribution is 0.00675. The molecule has 1 aliphatic rings. The number of amides is 1. The third-order valence-corrected chi connectivity index (χ3v) is 2.89. The monoisotopic (exact) mass is 267 g/mol. The van der Waals surface area contributed by atoms with E-state index in [0.717, 1.165) is 0 Å². The fraction of sp³-hybridized carbons (Fsp3) is 0.333. The quantitative estimate of drug-likeness (QED) is 0.351. The van der Waals surface area contributed by atoms with Crippen LogP contribution in [0, 0.1) is 5.82 Å². The SMILES string of the molecule is NC(=NO)C1CN(C(=O)c2ccc(F)cc2)CCO1. The molecule has 0 spiro atoms. The number of halogens is 1. The first-order valence-corrected chi connectivity index (χ1v) is 5.75. The average molecular weight is 267 g/mol. The number of benzene rings is 1. The van der Waals surface area contributed by atoms with E-state index in [1.807, 2.05) is 0 Å².